The molecule has 0 aromatic carbocycles. The minimum Gasteiger partial charge on any atom is -0.397 e. The summed E-state index contributed by atoms with van der Waals surface area (Å²) in [4.78, 5) is 12.2. The summed E-state index contributed by atoms with van der Waals surface area (Å²) in [7, 11) is -2.91. The van der Waals surface area contributed by atoms with Crippen LogP contribution in [0.2, 0.25) is 0 Å². The number of hydrogen-bond donors (Lipinski definition) is 2. The zero-order chi connectivity index (χ0) is 14.8. The number of carbonyl (C=O) groups is 1. The molecule has 2 rings (SSSR count). The van der Waals surface area contributed by atoms with Crippen LogP contribution >= 0.6 is 0 Å². The molecule has 0 radical (unpaired) electrons. The van der Waals surface area contributed by atoms with Gasteiger partial charge in [-0.1, -0.05) is 6.92 Å². The van der Waals surface area contributed by atoms with Crippen LogP contribution in [0, 0.1) is 0 Å². The molecule has 1 aromatic rings. The van der Waals surface area contributed by atoms with E-state index in [1.807, 2.05) is 11.5 Å². The van der Waals surface area contributed by atoms with Crippen molar-refractivity contribution in [1.82, 2.24) is 9.88 Å². The number of nitrogen functional groups attached to an aromatic ring is 1. The summed E-state index contributed by atoms with van der Waals surface area (Å²) in [6, 6.07) is 1.59. The Bertz CT molecular complexity index is 578. The van der Waals surface area contributed by atoms with Gasteiger partial charge >= 0.3 is 0 Å². The summed E-state index contributed by atoms with van der Waals surface area (Å²) < 4.78 is 24.6. The van der Waals surface area contributed by atoms with Gasteiger partial charge in [0.05, 0.1) is 17.2 Å². The van der Waals surface area contributed by atoms with Crippen LogP contribution in [0.5, 0.6) is 0 Å². The molecule has 0 atom stereocenters. The van der Waals surface area contributed by atoms with Crippen LogP contribution in [0.4, 0.5) is 5.69 Å². The number of anilines is 1. The van der Waals surface area contributed by atoms with Crippen molar-refractivity contribution in [2.45, 2.75) is 38.8 Å². The van der Waals surface area contributed by atoms with Gasteiger partial charge in [0, 0.05) is 18.8 Å². The fourth-order valence-corrected chi connectivity index (χ4v) is 3.93. The molecule has 112 valence electrons. The first-order valence-corrected chi connectivity index (χ1v) is 8.70. The topological polar surface area (TPSA) is 94.2 Å². The fraction of sp³-hybridized carbons (Fsp3) is 0.615. The maximum atomic E-state index is 12.2. The van der Waals surface area contributed by atoms with Crippen molar-refractivity contribution >= 4 is 21.4 Å². The molecule has 1 saturated heterocycles. The van der Waals surface area contributed by atoms with Crippen molar-refractivity contribution in [1.29, 1.82) is 0 Å². The van der Waals surface area contributed by atoms with Crippen molar-refractivity contribution < 1.29 is 13.2 Å². The van der Waals surface area contributed by atoms with Gasteiger partial charge in [0.1, 0.15) is 15.5 Å². The zero-order valence-corrected chi connectivity index (χ0v) is 12.4. The predicted octanol–water partition coefficient (Wildman–Crippen LogP) is 0.787. The molecule has 1 aliphatic heterocycles. The highest BCUT2D eigenvalue weighted by molar-refractivity contribution is 7.91. The van der Waals surface area contributed by atoms with Gasteiger partial charge in [0.25, 0.3) is 5.91 Å². The summed E-state index contributed by atoms with van der Waals surface area (Å²) in [6.07, 6.45) is 3.63. The first-order valence-electron chi connectivity index (χ1n) is 6.88. The Kier molecular flexibility index (Phi) is 4.37. The Labute approximate surface area is 119 Å². The van der Waals surface area contributed by atoms with Crippen LogP contribution < -0.4 is 11.1 Å². The molecule has 7 heteroatoms. The summed E-state index contributed by atoms with van der Waals surface area (Å²) >= 11 is 0. The van der Waals surface area contributed by atoms with Gasteiger partial charge in [-0.3, -0.25) is 4.79 Å². The predicted molar refractivity (Wildman–Crippen MR) is 78.3 cm³/mol. The second-order valence-corrected chi connectivity index (χ2v) is 7.56. The normalized spacial score (nSPS) is 18.9. The van der Waals surface area contributed by atoms with Crippen molar-refractivity contribution in [2.75, 3.05) is 17.2 Å². The molecule has 0 aliphatic carbocycles. The highest BCUT2D eigenvalue weighted by Crippen LogP contribution is 2.15. The second kappa shape index (κ2) is 5.87. The monoisotopic (exact) mass is 299 g/mol. The van der Waals surface area contributed by atoms with Crippen LogP contribution in [0.15, 0.2) is 12.3 Å². The minimum atomic E-state index is -2.91. The Morgan fingerprint density at radius 2 is 2.10 bits per heavy atom. The lowest BCUT2D eigenvalue weighted by Crippen LogP contribution is -2.41. The summed E-state index contributed by atoms with van der Waals surface area (Å²) in [5.41, 5.74) is 6.84. The molecule has 1 aliphatic rings. The van der Waals surface area contributed by atoms with Gasteiger partial charge in [0.15, 0.2) is 0 Å². The Morgan fingerprint density at radius 1 is 1.45 bits per heavy atom. The van der Waals surface area contributed by atoms with Crippen molar-refractivity contribution in [2.24, 2.45) is 0 Å². The molecule has 1 fully saturated rings. The molecule has 3 N–H and O–H groups in total. The van der Waals surface area contributed by atoms with Crippen LogP contribution in [-0.2, 0) is 16.4 Å². The van der Waals surface area contributed by atoms with Crippen molar-refractivity contribution in [3.63, 3.8) is 0 Å². The first-order chi connectivity index (χ1) is 9.41. The number of aryl methyl sites for hydroxylation is 1. The number of rotatable bonds is 4. The van der Waals surface area contributed by atoms with E-state index in [4.69, 9.17) is 5.73 Å². The van der Waals surface area contributed by atoms with Gasteiger partial charge in [0.2, 0.25) is 0 Å². The van der Waals surface area contributed by atoms with Gasteiger partial charge in [-0.05, 0) is 25.3 Å². The number of aromatic nitrogens is 1. The second-order valence-electron chi connectivity index (χ2n) is 5.25. The lowest BCUT2D eigenvalue weighted by molar-refractivity contribution is 0.0924. The number of nitrogens with two attached hydrogens (primary N) is 1. The molecular formula is C13H21N3O3S. The van der Waals surface area contributed by atoms with E-state index in [9.17, 15) is 13.2 Å². The van der Waals surface area contributed by atoms with Crippen LogP contribution in [-0.4, -0.2) is 36.4 Å². The van der Waals surface area contributed by atoms with Crippen molar-refractivity contribution in [3.8, 4) is 0 Å². The molecule has 20 heavy (non-hydrogen) atoms. The number of hydrogen-bond acceptors (Lipinski definition) is 4. The average molecular weight is 299 g/mol. The average Bonchev–Trinajstić information content (AvgIpc) is 2.74. The Hall–Kier alpha value is -1.50. The molecule has 0 unspecified atom stereocenters. The third-order valence-corrected chi connectivity index (χ3v) is 5.22. The van der Waals surface area contributed by atoms with E-state index < -0.39 is 9.84 Å². The van der Waals surface area contributed by atoms with Crippen LogP contribution in [0.3, 0.4) is 0 Å². The number of amides is 1. The van der Waals surface area contributed by atoms with E-state index in [1.54, 1.807) is 12.3 Å². The fourth-order valence-electron chi connectivity index (χ4n) is 2.44. The Morgan fingerprint density at radius 3 is 2.70 bits per heavy atom. The lowest BCUT2D eigenvalue weighted by atomic mass is 10.1. The maximum Gasteiger partial charge on any atom is 0.268 e. The lowest BCUT2D eigenvalue weighted by Gasteiger charge is -2.23. The number of carbonyl (C=O) groups excluding carboxylic acids is 1. The molecule has 1 aromatic heterocycles. The highest BCUT2D eigenvalue weighted by Gasteiger charge is 2.25. The number of nitrogens with zero attached hydrogens (tertiary/aromatic N) is 1. The molecule has 0 saturated carbocycles. The van der Waals surface area contributed by atoms with Crippen molar-refractivity contribution in [3.05, 3.63) is 18.0 Å². The Balaban J connectivity index is 2.02. The first kappa shape index (κ1) is 14.9. The largest absolute Gasteiger partial charge is 0.397 e. The molecular weight excluding hydrogens is 278 g/mol. The molecule has 0 spiro atoms. The van der Waals surface area contributed by atoms with Gasteiger partial charge in [-0.25, -0.2) is 8.42 Å². The summed E-state index contributed by atoms with van der Waals surface area (Å²) in [5.74, 6) is 0.117. The van der Waals surface area contributed by atoms with Crippen LogP contribution in [0.1, 0.15) is 36.7 Å². The van der Waals surface area contributed by atoms with Gasteiger partial charge < -0.3 is 15.6 Å². The van der Waals surface area contributed by atoms with Gasteiger partial charge in [-0.2, -0.15) is 0 Å². The highest BCUT2D eigenvalue weighted by atomic mass is 32.2. The van der Waals surface area contributed by atoms with Crippen LogP contribution in [0.25, 0.3) is 0 Å². The number of nitrogens with one attached hydrogen (secondary N) is 1. The maximum absolute atomic E-state index is 12.2. The molecule has 6 nitrogen and oxygen atoms in total. The van der Waals surface area contributed by atoms with E-state index in [-0.39, 0.29) is 23.5 Å². The van der Waals surface area contributed by atoms with E-state index in [2.05, 4.69) is 5.32 Å². The minimum absolute atomic E-state index is 0.0720. The van der Waals surface area contributed by atoms with E-state index in [1.165, 1.54) is 0 Å². The van der Waals surface area contributed by atoms with E-state index >= 15 is 0 Å². The van der Waals surface area contributed by atoms with E-state index in [0.29, 0.717) is 24.2 Å². The summed E-state index contributed by atoms with van der Waals surface area (Å²) in [5, 5.41) is 2.91. The summed E-state index contributed by atoms with van der Waals surface area (Å²) in [6.45, 7) is 2.77. The molecule has 2 heterocycles. The third kappa shape index (κ3) is 3.53. The van der Waals surface area contributed by atoms with Gasteiger partial charge in [-0.15, -0.1) is 0 Å². The standard InChI is InChI=1S/C13H21N3O3S/c1-2-5-16-9-10(14)8-12(16)13(17)15-11-3-6-20(18,19)7-4-11/h8-9,11H,2-7,14H2,1H3,(H,15,17). The zero-order valence-electron chi connectivity index (χ0n) is 11.6. The third-order valence-electron chi connectivity index (χ3n) is 3.50. The smallest absolute Gasteiger partial charge is 0.268 e. The molecule has 0 bridgehead atoms. The number of sulfone groups is 1. The van der Waals surface area contributed by atoms with E-state index in [0.717, 1.165) is 13.0 Å². The SMILES string of the molecule is CCCn1cc(N)cc1C(=O)NC1CCS(=O)(=O)CC1. The molecule has 1 amide bonds. The quantitative estimate of drug-likeness (QED) is 0.859.